The lowest BCUT2D eigenvalue weighted by Gasteiger charge is -2.04. The SMILES string of the molecule is CCc1ccc(C(=O)COC(=O)c2cc3c(C)nn(-c4ccc(Cl)cc4)c3s2)cc1. The molecule has 5 nitrogen and oxygen atoms in total. The number of rotatable bonds is 6. The number of aromatic nitrogens is 2. The van der Waals surface area contributed by atoms with Crippen molar-refractivity contribution in [2.45, 2.75) is 20.3 Å². The molecule has 0 aliphatic carbocycles. The number of carbonyl (C=O) groups is 2. The molecule has 2 aromatic carbocycles. The number of aryl methyl sites for hydroxylation is 2. The van der Waals surface area contributed by atoms with Crippen LogP contribution in [-0.4, -0.2) is 28.1 Å². The van der Waals surface area contributed by atoms with Gasteiger partial charge in [0.05, 0.1) is 11.4 Å². The molecule has 0 N–H and O–H groups in total. The minimum absolute atomic E-state index is 0.226. The molecule has 0 bridgehead atoms. The van der Waals surface area contributed by atoms with Gasteiger partial charge in [-0.2, -0.15) is 5.10 Å². The molecule has 152 valence electrons. The number of Topliss-reactive ketones (excluding diaryl/α,β-unsaturated/α-hetero) is 1. The maximum Gasteiger partial charge on any atom is 0.348 e. The molecular weight excluding hydrogens is 420 g/mol. The molecule has 0 aliphatic heterocycles. The fourth-order valence-corrected chi connectivity index (χ4v) is 4.32. The van der Waals surface area contributed by atoms with Gasteiger partial charge in [0.2, 0.25) is 0 Å². The van der Waals surface area contributed by atoms with Gasteiger partial charge in [-0.25, -0.2) is 9.48 Å². The highest BCUT2D eigenvalue weighted by Crippen LogP contribution is 2.31. The van der Waals surface area contributed by atoms with Crippen molar-refractivity contribution in [1.29, 1.82) is 0 Å². The predicted octanol–water partition coefficient (Wildman–Crippen LogP) is 5.65. The normalized spacial score (nSPS) is 11.0. The number of thiophene rings is 1. The Kier molecular flexibility index (Phi) is 5.70. The molecular formula is C23H19ClN2O3S. The summed E-state index contributed by atoms with van der Waals surface area (Å²) in [5.74, 6) is -0.743. The van der Waals surface area contributed by atoms with Gasteiger partial charge in [0.15, 0.2) is 12.4 Å². The van der Waals surface area contributed by atoms with E-state index in [4.69, 9.17) is 16.3 Å². The van der Waals surface area contributed by atoms with Gasteiger partial charge in [-0.15, -0.1) is 11.3 Å². The maximum atomic E-state index is 12.5. The van der Waals surface area contributed by atoms with Gasteiger partial charge in [-0.05, 0) is 49.2 Å². The number of ether oxygens (including phenoxy) is 1. The molecule has 2 aromatic heterocycles. The standard InChI is InChI=1S/C23H19ClN2O3S/c1-3-15-4-6-16(7-5-15)20(27)13-29-23(28)21-12-19-14(2)25-26(22(19)30-21)18-10-8-17(24)9-11-18/h4-12H,3,13H2,1-2H3. The van der Waals surface area contributed by atoms with Crippen LogP contribution in [0.25, 0.3) is 15.9 Å². The van der Waals surface area contributed by atoms with Crippen molar-refractivity contribution in [1.82, 2.24) is 9.78 Å². The highest BCUT2D eigenvalue weighted by molar-refractivity contribution is 7.20. The minimum Gasteiger partial charge on any atom is -0.453 e. The zero-order chi connectivity index (χ0) is 21.3. The summed E-state index contributed by atoms with van der Waals surface area (Å²) >= 11 is 7.26. The van der Waals surface area contributed by atoms with Crippen LogP contribution >= 0.6 is 22.9 Å². The third-order valence-electron chi connectivity index (χ3n) is 4.84. The van der Waals surface area contributed by atoms with Gasteiger partial charge in [-0.3, -0.25) is 4.79 Å². The Bertz CT molecular complexity index is 1220. The van der Waals surface area contributed by atoms with Crippen molar-refractivity contribution in [3.63, 3.8) is 0 Å². The molecule has 7 heteroatoms. The van der Waals surface area contributed by atoms with Crippen LogP contribution in [0.4, 0.5) is 0 Å². The molecule has 0 amide bonds. The van der Waals surface area contributed by atoms with E-state index in [1.165, 1.54) is 11.3 Å². The Morgan fingerprint density at radius 3 is 2.47 bits per heavy atom. The van der Waals surface area contributed by atoms with Gasteiger partial charge in [0, 0.05) is 16.0 Å². The zero-order valence-electron chi connectivity index (χ0n) is 16.5. The van der Waals surface area contributed by atoms with Gasteiger partial charge in [0.25, 0.3) is 0 Å². The molecule has 0 aliphatic rings. The van der Waals surface area contributed by atoms with Crippen molar-refractivity contribution in [2.75, 3.05) is 6.61 Å². The summed E-state index contributed by atoms with van der Waals surface area (Å²) in [5.41, 5.74) is 3.34. The number of hydrogen-bond donors (Lipinski definition) is 0. The summed E-state index contributed by atoms with van der Waals surface area (Å²) in [4.78, 5) is 26.1. The summed E-state index contributed by atoms with van der Waals surface area (Å²) in [5, 5.41) is 6.08. The lowest BCUT2D eigenvalue weighted by atomic mass is 10.1. The predicted molar refractivity (Wildman–Crippen MR) is 119 cm³/mol. The second-order valence-corrected chi connectivity index (χ2v) is 8.32. The average molecular weight is 439 g/mol. The summed E-state index contributed by atoms with van der Waals surface area (Å²) in [6.07, 6.45) is 0.905. The van der Waals surface area contributed by atoms with E-state index in [9.17, 15) is 9.59 Å². The second-order valence-electron chi connectivity index (χ2n) is 6.85. The third-order valence-corrected chi connectivity index (χ3v) is 6.18. The molecule has 0 unspecified atom stereocenters. The molecule has 0 fully saturated rings. The van der Waals surface area contributed by atoms with E-state index in [1.807, 2.05) is 31.2 Å². The Morgan fingerprint density at radius 2 is 1.80 bits per heavy atom. The van der Waals surface area contributed by atoms with Gasteiger partial charge in [-0.1, -0.05) is 42.8 Å². The first-order valence-electron chi connectivity index (χ1n) is 9.50. The number of carbonyl (C=O) groups excluding carboxylic acids is 2. The van der Waals surface area contributed by atoms with E-state index in [2.05, 4.69) is 12.0 Å². The Labute approximate surface area is 182 Å². The maximum absolute atomic E-state index is 12.5. The molecule has 30 heavy (non-hydrogen) atoms. The Balaban J connectivity index is 1.51. The molecule has 0 radical (unpaired) electrons. The van der Waals surface area contributed by atoms with Crippen LogP contribution in [0, 0.1) is 6.92 Å². The van der Waals surface area contributed by atoms with E-state index in [1.54, 1.807) is 35.0 Å². The van der Waals surface area contributed by atoms with Crippen LogP contribution in [-0.2, 0) is 11.2 Å². The van der Waals surface area contributed by atoms with Crippen molar-refractivity contribution < 1.29 is 14.3 Å². The molecule has 4 aromatic rings. The highest BCUT2D eigenvalue weighted by atomic mass is 35.5. The van der Waals surface area contributed by atoms with Crippen molar-refractivity contribution in [2.24, 2.45) is 0 Å². The van der Waals surface area contributed by atoms with Gasteiger partial charge >= 0.3 is 5.97 Å². The van der Waals surface area contributed by atoms with E-state index in [-0.39, 0.29) is 12.4 Å². The number of benzene rings is 2. The van der Waals surface area contributed by atoms with E-state index in [0.29, 0.717) is 15.5 Å². The van der Waals surface area contributed by atoms with Crippen molar-refractivity contribution >= 4 is 44.9 Å². The van der Waals surface area contributed by atoms with Crippen molar-refractivity contribution in [3.05, 3.63) is 81.3 Å². The number of ketones is 1. The average Bonchev–Trinajstić information content (AvgIpc) is 3.33. The topological polar surface area (TPSA) is 61.2 Å². The van der Waals surface area contributed by atoms with Crippen LogP contribution in [0.3, 0.4) is 0 Å². The molecule has 2 heterocycles. The quantitative estimate of drug-likeness (QED) is 0.288. The zero-order valence-corrected chi connectivity index (χ0v) is 18.1. The number of halogens is 1. The fraction of sp³-hybridized carbons (Fsp3) is 0.174. The number of fused-ring (bicyclic) bond motifs is 1. The summed E-state index contributed by atoms with van der Waals surface area (Å²) in [7, 11) is 0. The number of esters is 1. The van der Waals surface area contributed by atoms with Crippen LogP contribution in [0.5, 0.6) is 0 Å². The largest absolute Gasteiger partial charge is 0.453 e. The van der Waals surface area contributed by atoms with Gasteiger partial charge < -0.3 is 4.74 Å². The lowest BCUT2D eigenvalue weighted by Crippen LogP contribution is -2.13. The van der Waals surface area contributed by atoms with Crippen LogP contribution in [0.1, 0.15) is 38.2 Å². The Hall–Kier alpha value is -2.96. The highest BCUT2D eigenvalue weighted by Gasteiger charge is 2.19. The van der Waals surface area contributed by atoms with Crippen LogP contribution in [0.2, 0.25) is 5.02 Å². The fourth-order valence-electron chi connectivity index (χ4n) is 3.12. The molecule has 0 saturated carbocycles. The number of nitrogens with zero attached hydrogens (tertiary/aromatic N) is 2. The summed E-state index contributed by atoms with van der Waals surface area (Å²) < 4.78 is 7.06. The van der Waals surface area contributed by atoms with E-state index in [0.717, 1.165) is 33.6 Å². The van der Waals surface area contributed by atoms with Crippen LogP contribution in [0.15, 0.2) is 54.6 Å². The molecule has 0 spiro atoms. The Morgan fingerprint density at radius 1 is 1.10 bits per heavy atom. The van der Waals surface area contributed by atoms with Gasteiger partial charge in [0.1, 0.15) is 9.71 Å². The monoisotopic (exact) mass is 438 g/mol. The minimum atomic E-state index is -0.517. The second kappa shape index (κ2) is 8.42. The smallest absolute Gasteiger partial charge is 0.348 e. The molecule has 4 rings (SSSR count). The van der Waals surface area contributed by atoms with E-state index < -0.39 is 5.97 Å². The first-order valence-corrected chi connectivity index (χ1v) is 10.7. The summed E-state index contributed by atoms with van der Waals surface area (Å²) in [6.45, 7) is 3.65. The summed E-state index contributed by atoms with van der Waals surface area (Å²) in [6, 6.07) is 16.4. The number of hydrogen-bond acceptors (Lipinski definition) is 5. The third kappa shape index (κ3) is 4.01. The first kappa shape index (κ1) is 20.3. The van der Waals surface area contributed by atoms with Crippen LogP contribution < -0.4 is 0 Å². The first-order chi connectivity index (χ1) is 14.5. The van der Waals surface area contributed by atoms with E-state index >= 15 is 0 Å². The molecule has 0 saturated heterocycles. The molecule has 0 atom stereocenters. The lowest BCUT2D eigenvalue weighted by molar-refractivity contribution is 0.0479. The van der Waals surface area contributed by atoms with Crippen molar-refractivity contribution in [3.8, 4) is 5.69 Å².